The fraction of sp³-hybridized carbons (Fsp3) is 0.200. The van der Waals surface area contributed by atoms with Crippen LogP contribution >= 0.6 is 15.9 Å². The first kappa shape index (κ1) is 14.0. The standard InChI is InChI=1S/C15H15BrFNO/c1-10(11-3-2-4-13(16)7-11)18-9-12-8-14(17)5-6-15(12)19/h2-8,10,18-19H,9H2,1H3/t10-/m1/s1. The van der Waals surface area contributed by atoms with E-state index in [1.165, 1.54) is 18.2 Å². The molecule has 0 aliphatic carbocycles. The first-order valence-electron chi connectivity index (χ1n) is 6.02. The van der Waals surface area contributed by atoms with Crippen molar-refractivity contribution in [2.24, 2.45) is 0 Å². The van der Waals surface area contributed by atoms with Crippen LogP contribution in [0, 0.1) is 5.82 Å². The number of hydrogen-bond donors (Lipinski definition) is 2. The summed E-state index contributed by atoms with van der Waals surface area (Å²) in [6.45, 7) is 2.44. The van der Waals surface area contributed by atoms with Crippen molar-refractivity contribution >= 4 is 15.9 Å². The van der Waals surface area contributed by atoms with Crippen LogP contribution in [0.1, 0.15) is 24.1 Å². The van der Waals surface area contributed by atoms with Crippen molar-refractivity contribution in [3.8, 4) is 5.75 Å². The first-order chi connectivity index (χ1) is 9.06. The van der Waals surface area contributed by atoms with Gasteiger partial charge in [-0.15, -0.1) is 0 Å². The summed E-state index contributed by atoms with van der Waals surface area (Å²) in [5.41, 5.74) is 1.69. The van der Waals surface area contributed by atoms with E-state index in [4.69, 9.17) is 0 Å². The van der Waals surface area contributed by atoms with E-state index >= 15 is 0 Å². The molecule has 1 atom stereocenters. The largest absolute Gasteiger partial charge is 0.508 e. The van der Waals surface area contributed by atoms with Gasteiger partial charge in [0.1, 0.15) is 11.6 Å². The number of phenolic OH excluding ortho intramolecular Hbond substituents is 1. The lowest BCUT2D eigenvalue weighted by Crippen LogP contribution is -2.18. The van der Waals surface area contributed by atoms with Crippen molar-refractivity contribution in [2.45, 2.75) is 19.5 Å². The summed E-state index contributed by atoms with van der Waals surface area (Å²) in [6, 6.07) is 12.1. The third kappa shape index (κ3) is 3.78. The lowest BCUT2D eigenvalue weighted by molar-refractivity contribution is 0.457. The molecule has 0 saturated carbocycles. The van der Waals surface area contributed by atoms with Crippen LogP contribution in [-0.2, 0) is 6.54 Å². The summed E-state index contributed by atoms with van der Waals surface area (Å²) in [5, 5.41) is 12.9. The highest BCUT2D eigenvalue weighted by molar-refractivity contribution is 9.10. The molecule has 0 radical (unpaired) electrons. The van der Waals surface area contributed by atoms with Crippen molar-refractivity contribution in [3.05, 3.63) is 63.9 Å². The van der Waals surface area contributed by atoms with Gasteiger partial charge >= 0.3 is 0 Å². The highest BCUT2D eigenvalue weighted by atomic mass is 79.9. The van der Waals surface area contributed by atoms with Gasteiger partial charge in [-0.25, -0.2) is 4.39 Å². The monoisotopic (exact) mass is 323 g/mol. The van der Waals surface area contributed by atoms with Gasteiger partial charge < -0.3 is 10.4 Å². The molecule has 2 rings (SSSR count). The molecule has 100 valence electrons. The molecule has 2 N–H and O–H groups in total. The van der Waals surface area contributed by atoms with E-state index in [0.717, 1.165) is 10.0 Å². The topological polar surface area (TPSA) is 32.3 Å². The predicted molar refractivity (Wildman–Crippen MR) is 77.5 cm³/mol. The number of rotatable bonds is 4. The Morgan fingerprint density at radius 1 is 1.26 bits per heavy atom. The number of benzene rings is 2. The third-order valence-corrected chi connectivity index (χ3v) is 3.48. The summed E-state index contributed by atoms with van der Waals surface area (Å²) in [6.07, 6.45) is 0. The molecular weight excluding hydrogens is 309 g/mol. The summed E-state index contributed by atoms with van der Waals surface area (Å²) >= 11 is 3.43. The van der Waals surface area contributed by atoms with Gasteiger partial charge in [0.15, 0.2) is 0 Å². The molecule has 2 aromatic carbocycles. The second-order valence-electron chi connectivity index (χ2n) is 4.43. The van der Waals surface area contributed by atoms with E-state index in [2.05, 4.69) is 21.2 Å². The second kappa shape index (κ2) is 6.17. The van der Waals surface area contributed by atoms with Crippen molar-refractivity contribution < 1.29 is 9.50 Å². The Balaban J connectivity index is 2.04. The van der Waals surface area contributed by atoms with E-state index in [9.17, 15) is 9.50 Å². The van der Waals surface area contributed by atoms with Gasteiger partial charge in [-0.1, -0.05) is 28.1 Å². The highest BCUT2D eigenvalue weighted by Crippen LogP contribution is 2.21. The SMILES string of the molecule is C[C@@H](NCc1cc(F)ccc1O)c1cccc(Br)c1. The zero-order valence-corrected chi connectivity index (χ0v) is 12.1. The van der Waals surface area contributed by atoms with Gasteiger partial charge in [0, 0.05) is 22.6 Å². The molecule has 0 heterocycles. The summed E-state index contributed by atoms with van der Waals surface area (Å²) < 4.78 is 14.1. The quantitative estimate of drug-likeness (QED) is 0.886. The van der Waals surface area contributed by atoms with Gasteiger partial charge in [0.05, 0.1) is 0 Å². The molecule has 2 aromatic rings. The summed E-state index contributed by atoms with van der Waals surface area (Å²) in [7, 11) is 0. The maximum atomic E-state index is 13.1. The lowest BCUT2D eigenvalue weighted by atomic mass is 10.1. The van der Waals surface area contributed by atoms with Crippen LogP contribution in [0.2, 0.25) is 0 Å². The Labute approximate surface area is 120 Å². The first-order valence-corrected chi connectivity index (χ1v) is 6.82. The lowest BCUT2D eigenvalue weighted by Gasteiger charge is -2.15. The van der Waals surface area contributed by atoms with E-state index in [1.54, 1.807) is 0 Å². The van der Waals surface area contributed by atoms with Crippen LogP contribution in [0.4, 0.5) is 4.39 Å². The van der Waals surface area contributed by atoms with E-state index < -0.39 is 0 Å². The summed E-state index contributed by atoms with van der Waals surface area (Å²) in [5.74, 6) is -0.236. The molecule has 2 nitrogen and oxygen atoms in total. The molecule has 0 aliphatic heterocycles. The molecule has 0 spiro atoms. The fourth-order valence-corrected chi connectivity index (χ4v) is 2.27. The van der Waals surface area contributed by atoms with Crippen LogP contribution in [0.15, 0.2) is 46.9 Å². The molecule has 0 bridgehead atoms. The minimum absolute atomic E-state index is 0.107. The highest BCUT2D eigenvalue weighted by Gasteiger charge is 2.08. The minimum atomic E-state index is -0.343. The Kier molecular flexibility index (Phi) is 4.56. The van der Waals surface area contributed by atoms with Crippen LogP contribution < -0.4 is 5.32 Å². The molecule has 0 fully saturated rings. The smallest absolute Gasteiger partial charge is 0.123 e. The van der Waals surface area contributed by atoms with Crippen LogP contribution in [-0.4, -0.2) is 5.11 Å². The molecule has 0 saturated heterocycles. The minimum Gasteiger partial charge on any atom is -0.508 e. The maximum absolute atomic E-state index is 13.1. The van der Waals surface area contributed by atoms with E-state index in [-0.39, 0.29) is 17.6 Å². The average molecular weight is 324 g/mol. The molecule has 0 aliphatic rings. The predicted octanol–water partition coefficient (Wildman–Crippen LogP) is 4.14. The molecule has 0 aromatic heterocycles. The number of aromatic hydroxyl groups is 1. The molecular formula is C15H15BrFNO. The van der Waals surface area contributed by atoms with Crippen molar-refractivity contribution in [2.75, 3.05) is 0 Å². The Bertz CT molecular complexity index is 574. The van der Waals surface area contributed by atoms with E-state index in [1.807, 2.05) is 31.2 Å². The maximum Gasteiger partial charge on any atom is 0.123 e. The fourth-order valence-electron chi connectivity index (χ4n) is 1.85. The number of nitrogens with one attached hydrogen (secondary N) is 1. The normalized spacial score (nSPS) is 12.4. The second-order valence-corrected chi connectivity index (χ2v) is 5.35. The molecule has 19 heavy (non-hydrogen) atoms. The molecule has 0 unspecified atom stereocenters. The van der Waals surface area contributed by atoms with Gasteiger partial charge in [-0.2, -0.15) is 0 Å². The zero-order chi connectivity index (χ0) is 13.8. The van der Waals surface area contributed by atoms with Gasteiger partial charge in [-0.3, -0.25) is 0 Å². The Morgan fingerprint density at radius 3 is 2.79 bits per heavy atom. The summed E-state index contributed by atoms with van der Waals surface area (Å²) in [4.78, 5) is 0. The molecule has 0 amide bonds. The Hall–Kier alpha value is -1.39. The van der Waals surface area contributed by atoms with E-state index in [0.29, 0.717) is 12.1 Å². The average Bonchev–Trinajstić information content (AvgIpc) is 2.39. The van der Waals surface area contributed by atoms with Gasteiger partial charge in [-0.05, 0) is 42.8 Å². The zero-order valence-electron chi connectivity index (χ0n) is 10.5. The third-order valence-electron chi connectivity index (χ3n) is 2.99. The Morgan fingerprint density at radius 2 is 2.05 bits per heavy atom. The number of halogens is 2. The number of hydrogen-bond acceptors (Lipinski definition) is 2. The van der Waals surface area contributed by atoms with Crippen molar-refractivity contribution in [3.63, 3.8) is 0 Å². The van der Waals surface area contributed by atoms with Crippen molar-refractivity contribution in [1.29, 1.82) is 0 Å². The molecule has 4 heteroatoms. The van der Waals surface area contributed by atoms with Crippen LogP contribution in [0.5, 0.6) is 5.75 Å². The van der Waals surface area contributed by atoms with Gasteiger partial charge in [0.25, 0.3) is 0 Å². The van der Waals surface area contributed by atoms with Gasteiger partial charge in [0.2, 0.25) is 0 Å². The number of phenols is 1. The van der Waals surface area contributed by atoms with Crippen LogP contribution in [0.3, 0.4) is 0 Å². The van der Waals surface area contributed by atoms with Crippen molar-refractivity contribution in [1.82, 2.24) is 5.32 Å². The van der Waals surface area contributed by atoms with Crippen LogP contribution in [0.25, 0.3) is 0 Å².